The van der Waals surface area contributed by atoms with Crippen LogP contribution in [0.25, 0.3) is 0 Å². The summed E-state index contributed by atoms with van der Waals surface area (Å²) < 4.78 is 2.53. The summed E-state index contributed by atoms with van der Waals surface area (Å²) >= 11 is 3.33. The van der Waals surface area contributed by atoms with Gasteiger partial charge in [0.15, 0.2) is 0 Å². The minimum absolute atomic E-state index is 0.229. The van der Waals surface area contributed by atoms with Crippen LogP contribution < -0.4 is 11.1 Å². The molecular weight excluding hydrogens is 296 g/mol. The molecular formula is C12H13BrN4O. The van der Waals surface area contributed by atoms with Crippen LogP contribution in [-0.4, -0.2) is 15.5 Å². The molecule has 0 aromatic carbocycles. The molecule has 0 saturated carbocycles. The van der Waals surface area contributed by atoms with Gasteiger partial charge in [0.05, 0.1) is 10.2 Å². The maximum atomic E-state index is 12.1. The highest BCUT2D eigenvalue weighted by Gasteiger charge is 2.13. The van der Waals surface area contributed by atoms with Crippen molar-refractivity contribution in [1.29, 1.82) is 0 Å². The maximum Gasteiger partial charge on any atom is 0.273 e. The van der Waals surface area contributed by atoms with Crippen LogP contribution in [0, 0.1) is 0 Å². The van der Waals surface area contributed by atoms with Crippen molar-refractivity contribution in [3.8, 4) is 0 Å². The van der Waals surface area contributed by atoms with Crippen molar-refractivity contribution >= 4 is 33.3 Å². The number of halogens is 1. The van der Waals surface area contributed by atoms with Crippen molar-refractivity contribution in [2.24, 2.45) is 0 Å². The Morgan fingerprint density at radius 3 is 3.06 bits per heavy atom. The molecule has 0 atom stereocenters. The van der Waals surface area contributed by atoms with Crippen LogP contribution in [0.4, 0.5) is 11.5 Å². The molecule has 18 heavy (non-hydrogen) atoms. The Morgan fingerprint density at radius 1 is 1.61 bits per heavy atom. The molecule has 1 amide bonds. The van der Waals surface area contributed by atoms with E-state index >= 15 is 0 Å². The molecule has 2 heterocycles. The van der Waals surface area contributed by atoms with E-state index < -0.39 is 0 Å². The molecule has 3 N–H and O–H groups in total. The van der Waals surface area contributed by atoms with Gasteiger partial charge in [-0.2, -0.15) is 0 Å². The lowest BCUT2D eigenvalue weighted by Gasteiger charge is -2.07. The van der Waals surface area contributed by atoms with Gasteiger partial charge in [0.2, 0.25) is 0 Å². The molecule has 0 unspecified atom stereocenters. The van der Waals surface area contributed by atoms with Crippen molar-refractivity contribution in [2.75, 3.05) is 11.1 Å². The first-order chi connectivity index (χ1) is 8.61. The van der Waals surface area contributed by atoms with E-state index in [9.17, 15) is 4.79 Å². The first-order valence-corrected chi connectivity index (χ1v) is 6.28. The first-order valence-electron chi connectivity index (χ1n) is 5.49. The number of aromatic nitrogens is 2. The van der Waals surface area contributed by atoms with E-state index in [4.69, 9.17) is 5.73 Å². The van der Waals surface area contributed by atoms with Gasteiger partial charge in [-0.25, -0.2) is 4.98 Å². The largest absolute Gasteiger partial charge is 0.397 e. The first kappa shape index (κ1) is 12.6. The molecule has 6 heteroatoms. The molecule has 94 valence electrons. The molecule has 0 bridgehead atoms. The number of nitrogens with zero attached hydrogens (tertiary/aromatic N) is 2. The van der Waals surface area contributed by atoms with E-state index in [0.29, 0.717) is 23.7 Å². The van der Waals surface area contributed by atoms with Gasteiger partial charge in [0.1, 0.15) is 11.5 Å². The number of hydrogen-bond acceptors (Lipinski definition) is 3. The molecule has 5 nitrogen and oxygen atoms in total. The highest BCUT2D eigenvalue weighted by Crippen LogP contribution is 2.20. The third kappa shape index (κ3) is 2.53. The van der Waals surface area contributed by atoms with E-state index in [1.54, 1.807) is 29.1 Å². The third-order valence-corrected chi connectivity index (χ3v) is 3.12. The van der Waals surface area contributed by atoms with Gasteiger partial charge in [-0.1, -0.05) is 0 Å². The van der Waals surface area contributed by atoms with Crippen LogP contribution in [0.3, 0.4) is 0 Å². The van der Waals surface area contributed by atoms with Gasteiger partial charge >= 0.3 is 0 Å². The summed E-state index contributed by atoms with van der Waals surface area (Å²) in [6.45, 7) is 2.64. The Morgan fingerprint density at radius 2 is 2.39 bits per heavy atom. The number of anilines is 2. The molecule has 0 aliphatic heterocycles. The highest BCUT2D eigenvalue weighted by molar-refractivity contribution is 9.10. The number of carbonyl (C=O) groups is 1. The minimum atomic E-state index is -0.229. The van der Waals surface area contributed by atoms with Gasteiger partial charge in [-0.15, -0.1) is 0 Å². The summed E-state index contributed by atoms with van der Waals surface area (Å²) in [7, 11) is 0. The number of carbonyl (C=O) groups excluding carboxylic acids is 1. The number of hydrogen-bond donors (Lipinski definition) is 2. The molecule has 0 aliphatic carbocycles. The van der Waals surface area contributed by atoms with Crippen LogP contribution in [-0.2, 0) is 6.54 Å². The Bertz CT molecular complexity index is 579. The van der Waals surface area contributed by atoms with Crippen LogP contribution in [0.1, 0.15) is 17.4 Å². The summed E-state index contributed by atoms with van der Waals surface area (Å²) in [6, 6.07) is 5.25. The predicted octanol–water partition coefficient (Wildman–Crippen LogP) is 2.50. The van der Waals surface area contributed by atoms with Crippen LogP contribution in [0.2, 0.25) is 0 Å². The van der Waals surface area contributed by atoms with E-state index in [0.717, 1.165) is 4.47 Å². The smallest absolute Gasteiger partial charge is 0.273 e. The number of pyridine rings is 1. The SMILES string of the molecule is CCn1cc(N)cc1C(=O)Nc1ncccc1Br. The number of nitrogen functional groups attached to an aromatic ring is 1. The summed E-state index contributed by atoms with van der Waals surface area (Å²) in [4.78, 5) is 16.2. The summed E-state index contributed by atoms with van der Waals surface area (Å²) in [6.07, 6.45) is 3.36. The molecule has 0 saturated heterocycles. The highest BCUT2D eigenvalue weighted by atomic mass is 79.9. The van der Waals surface area contributed by atoms with E-state index in [1.807, 2.05) is 13.0 Å². The fourth-order valence-electron chi connectivity index (χ4n) is 1.63. The van der Waals surface area contributed by atoms with Crippen molar-refractivity contribution in [2.45, 2.75) is 13.5 Å². The second kappa shape index (κ2) is 5.22. The lowest BCUT2D eigenvalue weighted by atomic mass is 10.3. The quantitative estimate of drug-likeness (QED) is 0.915. The lowest BCUT2D eigenvalue weighted by molar-refractivity contribution is 0.101. The number of nitrogens with one attached hydrogen (secondary N) is 1. The van der Waals surface area contributed by atoms with Crippen LogP contribution in [0.5, 0.6) is 0 Å². The second-order valence-corrected chi connectivity index (χ2v) is 4.59. The summed E-state index contributed by atoms with van der Waals surface area (Å²) in [5.41, 5.74) is 6.78. The normalized spacial score (nSPS) is 10.3. The second-order valence-electron chi connectivity index (χ2n) is 3.73. The monoisotopic (exact) mass is 308 g/mol. The predicted molar refractivity (Wildman–Crippen MR) is 74.4 cm³/mol. The Labute approximate surface area is 113 Å². The maximum absolute atomic E-state index is 12.1. The summed E-state index contributed by atoms with van der Waals surface area (Å²) in [5, 5.41) is 2.74. The standard InChI is InChI=1S/C12H13BrN4O/c1-2-17-7-8(14)6-10(17)12(18)16-11-9(13)4-3-5-15-11/h3-7H,2,14H2,1H3,(H,15,16,18). The fraction of sp³-hybridized carbons (Fsp3) is 0.167. The molecule has 2 aromatic rings. The zero-order valence-corrected chi connectivity index (χ0v) is 11.4. The lowest BCUT2D eigenvalue weighted by Crippen LogP contribution is -2.17. The number of nitrogens with two attached hydrogens (primary N) is 1. The van der Waals surface area contributed by atoms with E-state index in [-0.39, 0.29) is 5.91 Å². The molecule has 2 aromatic heterocycles. The Kier molecular flexibility index (Phi) is 3.66. The topological polar surface area (TPSA) is 72.9 Å². The number of aryl methyl sites for hydroxylation is 1. The van der Waals surface area contributed by atoms with Gasteiger partial charge in [0, 0.05) is 18.9 Å². The van der Waals surface area contributed by atoms with Crippen molar-refractivity contribution < 1.29 is 4.79 Å². The minimum Gasteiger partial charge on any atom is -0.397 e. The average molecular weight is 309 g/mol. The van der Waals surface area contributed by atoms with Gasteiger partial charge in [-0.3, -0.25) is 4.79 Å². The van der Waals surface area contributed by atoms with Gasteiger partial charge in [0.25, 0.3) is 5.91 Å². The van der Waals surface area contributed by atoms with Gasteiger partial charge in [-0.05, 0) is 41.1 Å². The molecule has 2 rings (SSSR count). The number of amides is 1. The Hall–Kier alpha value is -1.82. The van der Waals surface area contributed by atoms with Crippen LogP contribution >= 0.6 is 15.9 Å². The molecule has 0 fully saturated rings. The van der Waals surface area contributed by atoms with Gasteiger partial charge < -0.3 is 15.6 Å². The molecule has 0 radical (unpaired) electrons. The van der Waals surface area contributed by atoms with Crippen molar-refractivity contribution in [3.05, 3.63) is 40.8 Å². The number of rotatable bonds is 3. The molecule has 0 spiro atoms. The molecule has 0 aliphatic rings. The Balaban J connectivity index is 2.25. The zero-order valence-electron chi connectivity index (χ0n) is 9.85. The van der Waals surface area contributed by atoms with Crippen LogP contribution in [0.15, 0.2) is 35.1 Å². The van der Waals surface area contributed by atoms with E-state index in [1.165, 1.54) is 0 Å². The van der Waals surface area contributed by atoms with E-state index in [2.05, 4.69) is 26.2 Å². The average Bonchev–Trinajstić information content (AvgIpc) is 2.73. The fourth-order valence-corrected chi connectivity index (χ4v) is 1.99. The third-order valence-electron chi connectivity index (χ3n) is 2.48. The summed E-state index contributed by atoms with van der Waals surface area (Å²) in [5.74, 6) is 0.262. The van der Waals surface area contributed by atoms with Crippen molar-refractivity contribution in [1.82, 2.24) is 9.55 Å². The van der Waals surface area contributed by atoms with Crippen molar-refractivity contribution in [3.63, 3.8) is 0 Å². The zero-order chi connectivity index (χ0) is 13.1.